The molecule has 0 unspecified atom stereocenters. The van der Waals surface area contributed by atoms with Gasteiger partial charge in [-0.1, -0.05) is 25.1 Å². The number of aryl methyl sites for hydroxylation is 1. The average molecular weight is 386 g/mol. The Labute approximate surface area is 165 Å². The Kier molecular flexibility index (Phi) is 7.98. The number of nitrogens with zero attached hydrogens (tertiary/aromatic N) is 1. The zero-order valence-electron chi connectivity index (χ0n) is 16.6. The highest BCUT2D eigenvalue weighted by molar-refractivity contribution is 5.91. The van der Waals surface area contributed by atoms with E-state index in [-0.39, 0.29) is 12.5 Å². The number of carbonyl (C=O) groups is 2. The second-order valence-electron chi connectivity index (χ2n) is 6.15. The van der Waals surface area contributed by atoms with Gasteiger partial charge in [0.05, 0.1) is 6.54 Å². The van der Waals surface area contributed by atoms with Gasteiger partial charge in [0.2, 0.25) is 5.91 Å². The number of rotatable bonds is 8. The van der Waals surface area contributed by atoms with Crippen molar-refractivity contribution in [2.75, 3.05) is 31.0 Å². The average Bonchev–Trinajstić information content (AvgIpc) is 2.69. The molecule has 7 nitrogen and oxygen atoms in total. The van der Waals surface area contributed by atoms with Crippen LogP contribution in [0.3, 0.4) is 0 Å². The van der Waals surface area contributed by atoms with E-state index >= 15 is 0 Å². The van der Waals surface area contributed by atoms with Gasteiger partial charge in [0.25, 0.3) is 0 Å². The zero-order valence-corrected chi connectivity index (χ0v) is 16.6. The number of anilines is 2. The first-order valence-corrected chi connectivity index (χ1v) is 8.98. The first-order valence-electron chi connectivity index (χ1n) is 8.98. The molecule has 2 aromatic carbocycles. The minimum atomic E-state index is -0.608. The highest BCUT2D eigenvalue weighted by atomic mass is 16.7. The normalized spacial score (nSPS) is 10.6. The highest BCUT2D eigenvalue weighted by Crippen LogP contribution is 2.22. The van der Waals surface area contributed by atoms with Crippen LogP contribution in [0.5, 0.6) is 5.75 Å². The van der Waals surface area contributed by atoms with E-state index < -0.39 is 12.4 Å². The second kappa shape index (κ2) is 10.4. The largest absolute Gasteiger partial charge is 0.419 e. The molecule has 2 rings (SSSR count). The van der Waals surface area contributed by atoms with Crippen LogP contribution in [0.15, 0.2) is 48.5 Å². The molecule has 2 aromatic rings. The van der Waals surface area contributed by atoms with Crippen molar-refractivity contribution in [3.05, 3.63) is 54.1 Å². The van der Waals surface area contributed by atoms with Crippen LogP contribution in [0.2, 0.25) is 0 Å². The molecule has 7 heteroatoms. The van der Waals surface area contributed by atoms with Gasteiger partial charge in [-0.25, -0.2) is 4.79 Å². The smallest absolute Gasteiger partial charge is 0.410 e. The van der Waals surface area contributed by atoms with E-state index in [1.807, 2.05) is 31.2 Å². The fourth-order valence-corrected chi connectivity index (χ4v) is 2.52. The van der Waals surface area contributed by atoms with Crippen LogP contribution < -0.4 is 15.0 Å². The summed E-state index contributed by atoms with van der Waals surface area (Å²) >= 11 is 0. The molecule has 2 amide bonds. The van der Waals surface area contributed by atoms with Gasteiger partial charge in [-0.3, -0.25) is 9.69 Å². The third-order valence-corrected chi connectivity index (χ3v) is 4.04. The predicted molar refractivity (Wildman–Crippen MR) is 108 cm³/mol. The fraction of sp³-hybridized carbons (Fsp3) is 0.333. The molecule has 0 atom stereocenters. The summed E-state index contributed by atoms with van der Waals surface area (Å²) in [7, 11) is 3.02. The van der Waals surface area contributed by atoms with E-state index in [9.17, 15) is 9.59 Å². The molecule has 0 bridgehead atoms. The maximum absolute atomic E-state index is 12.9. The molecular formula is C21H26N2O5. The number of hydrogen-bond donors (Lipinski definition) is 1. The first-order chi connectivity index (χ1) is 13.5. The lowest BCUT2D eigenvalue weighted by molar-refractivity contribution is -0.115. The van der Waals surface area contributed by atoms with Gasteiger partial charge in [0, 0.05) is 38.1 Å². The van der Waals surface area contributed by atoms with Crippen LogP contribution >= 0.6 is 0 Å². The highest BCUT2D eigenvalue weighted by Gasteiger charge is 2.23. The topological polar surface area (TPSA) is 77.1 Å². The van der Waals surface area contributed by atoms with Crippen LogP contribution in [0.25, 0.3) is 0 Å². The number of hydrogen-bond acceptors (Lipinski definition) is 5. The summed E-state index contributed by atoms with van der Waals surface area (Å²) in [4.78, 5) is 25.9. The number of amides is 2. The second-order valence-corrected chi connectivity index (χ2v) is 6.15. The molecule has 1 N–H and O–H groups in total. The molecular weight excluding hydrogens is 360 g/mol. The van der Waals surface area contributed by atoms with E-state index in [4.69, 9.17) is 14.2 Å². The molecule has 150 valence electrons. The number of nitrogens with one attached hydrogen (secondary N) is 1. The SMILES string of the molecule is CCC(=O)Nc1cccc(OC(=O)N(CC(OC)OC)c2cccc(C)c2)c1. The molecule has 28 heavy (non-hydrogen) atoms. The Hall–Kier alpha value is -2.90. The summed E-state index contributed by atoms with van der Waals surface area (Å²) in [6, 6.07) is 14.2. The van der Waals surface area contributed by atoms with Gasteiger partial charge in [-0.05, 0) is 36.8 Å². The van der Waals surface area contributed by atoms with Gasteiger partial charge in [-0.15, -0.1) is 0 Å². The Bertz CT molecular complexity index is 805. The molecule has 0 aliphatic rings. The summed E-state index contributed by atoms with van der Waals surface area (Å²) in [5, 5.41) is 2.74. The number of methoxy groups -OCH3 is 2. The minimum Gasteiger partial charge on any atom is -0.410 e. The molecule has 0 heterocycles. The van der Waals surface area contributed by atoms with E-state index in [2.05, 4.69) is 5.32 Å². The molecule has 0 spiro atoms. The lowest BCUT2D eigenvalue weighted by atomic mass is 10.2. The molecule has 0 saturated carbocycles. The van der Waals surface area contributed by atoms with Crippen molar-refractivity contribution in [1.82, 2.24) is 0 Å². The van der Waals surface area contributed by atoms with Crippen molar-refractivity contribution in [3.63, 3.8) is 0 Å². The summed E-state index contributed by atoms with van der Waals surface area (Å²) in [5.74, 6) is 0.204. The standard InChI is InChI=1S/C21H26N2O5/c1-5-19(24)22-16-9-7-11-18(13-16)28-21(25)23(14-20(26-3)27-4)17-10-6-8-15(2)12-17/h6-13,20H,5,14H2,1-4H3,(H,22,24). The number of ether oxygens (including phenoxy) is 3. The number of carbonyl (C=O) groups excluding carboxylic acids is 2. The quantitative estimate of drug-likeness (QED) is 0.695. The van der Waals surface area contributed by atoms with Crippen molar-refractivity contribution < 1.29 is 23.8 Å². The maximum atomic E-state index is 12.9. The van der Waals surface area contributed by atoms with E-state index in [0.29, 0.717) is 23.5 Å². The summed E-state index contributed by atoms with van der Waals surface area (Å²) in [6.07, 6.45) is -0.826. The van der Waals surface area contributed by atoms with Gasteiger partial charge >= 0.3 is 6.09 Å². The Morgan fingerprint density at radius 2 is 1.79 bits per heavy atom. The van der Waals surface area contributed by atoms with Crippen molar-refractivity contribution in [3.8, 4) is 5.75 Å². The predicted octanol–water partition coefficient (Wildman–Crippen LogP) is 3.97. The zero-order chi connectivity index (χ0) is 20.5. The van der Waals surface area contributed by atoms with Crippen LogP contribution in [-0.4, -0.2) is 39.1 Å². The van der Waals surface area contributed by atoms with Crippen molar-refractivity contribution >= 4 is 23.4 Å². The Morgan fingerprint density at radius 3 is 2.43 bits per heavy atom. The Morgan fingerprint density at radius 1 is 1.07 bits per heavy atom. The van der Waals surface area contributed by atoms with E-state index in [1.165, 1.54) is 19.1 Å². The summed E-state index contributed by atoms with van der Waals surface area (Å²) in [6.45, 7) is 3.86. The summed E-state index contributed by atoms with van der Waals surface area (Å²) < 4.78 is 16.0. The third kappa shape index (κ3) is 6.07. The molecule has 0 fully saturated rings. The number of benzene rings is 2. The lowest BCUT2D eigenvalue weighted by Gasteiger charge is -2.26. The fourth-order valence-electron chi connectivity index (χ4n) is 2.52. The molecule has 0 saturated heterocycles. The van der Waals surface area contributed by atoms with Gasteiger partial charge in [-0.2, -0.15) is 0 Å². The molecule has 0 aromatic heterocycles. The van der Waals surface area contributed by atoms with Crippen LogP contribution in [0.4, 0.5) is 16.2 Å². The van der Waals surface area contributed by atoms with Crippen LogP contribution in [-0.2, 0) is 14.3 Å². The summed E-state index contributed by atoms with van der Waals surface area (Å²) in [5.41, 5.74) is 2.23. The van der Waals surface area contributed by atoms with Crippen molar-refractivity contribution in [1.29, 1.82) is 0 Å². The van der Waals surface area contributed by atoms with E-state index in [1.54, 1.807) is 31.2 Å². The minimum absolute atomic E-state index is 0.118. The third-order valence-electron chi connectivity index (χ3n) is 4.04. The van der Waals surface area contributed by atoms with Crippen LogP contribution in [0.1, 0.15) is 18.9 Å². The van der Waals surface area contributed by atoms with Crippen molar-refractivity contribution in [2.24, 2.45) is 0 Å². The van der Waals surface area contributed by atoms with Gasteiger partial charge in [0.15, 0.2) is 6.29 Å². The monoisotopic (exact) mass is 386 g/mol. The van der Waals surface area contributed by atoms with E-state index in [0.717, 1.165) is 5.56 Å². The maximum Gasteiger partial charge on any atom is 0.419 e. The van der Waals surface area contributed by atoms with Crippen LogP contribution in [0, 0.1) is 6.92 Å². The molecule has 0 radical (unpaired) electrons. The van der Waals surface area contributed by atoms with Gasteiger partial charge in [0.1, 0.15) is 5.75 Å². The molecule has 0 aliphatic carbocycles. The Balaban J connectivity index is 2.22. The molecule has 0 aliphatic heterocycles. The first kappa shape index (κ1) is 21.4. The van der Waals surface area contributed by atoms with Gasteiger partial charge < -0.3 is 19.5 Å². The lowest BCUT2D eigenvalue weighted by Crippen LogP contribution is -2.40. The van der Waals surface area contributed by atoms with Crippen molar-refractivity contribution in [2.45, 2.75) is 26.6 Å².